The van der Waals surface area contributed by atoms with Gasteiger partial charge in [-0.15, -0.1) is 0 Å². The molecule has 6 aromatic rings. The summed E-state index contributed by atoms with van der Waals surface area (Å²) in [6, 6.07) is 42.1. The van der Waals surface area contributed by atoms with E-state index in [1.54, 1.807) is 0 Å². The number of fused-ring (bicyclic) bond motifs is 4. The molecule has 4 heterocycles. The van der Waals surface area contributed by atoms with Crippen LogP contribution in [0.5, 0.6) is 11.5 Å². The molecule has 5 heteroatoms. The molecule has 4 aromatic carbocycles. The van der Waals surface area contributed by atoms with Gasteiger partial charge < -0.3 is 9.64 Å². The summed E-state index contributed by atoms with van der Waals surface area (Å²) in [7, 11) is 0. The van der Waals surface area contributed by atoms with Crippen LogP contribution in [0.4, 0.5) is 17.1 Å². The molecular formula is C34H22BN3O. The summed E-state index contributed by atoms with van der Waals surface area (Å²) in [4.78, 5) is 11.6. The van der Waals surface area contributed by atoms with E-state index in [0.29, 0.717) is 0 Å². The average Bonchev–Trinajstić information content (AvgIpc) is 3.02. The molecule has 0 saturated heterocycles. The third-order valence-electron chi connectivity index (χ3n) is 7.63. The highest BCUT2D eigenvalue weighted by Gasteiger charge is 2.42. The van der Waals surface area contributed by atoms with Crippen molar-refractivity contribution in [2.45, 2.75) is 0 Å². The summed E-state index contributed by atoms with van der Waals surface area (Å²) < 4.78 is 6.57. The van der Waals surface area contributed by atoms with Crippen molar-refractivity contribution in [1.82, 2.24) is 9.97 Å². The van der Waals surface area contributed by atoms with E-state index in [0.717, 1.165) is 56.5 Å². The van der Waals surface area contributed by atoms with E-state index in [1.165, 1.54) is 10.9 Å². The van der Waals surface area contributed by atoms with Crippen LogP contribution in [0.2, 0.25) is 0 Å². The minimum Gasteiger partial charge on any atom is -0.458 e. The van der Waals surface area contributed by atoms with Crippen LogP contribution >= 0.6 is 0 Å². The fourth-order valence-electron chi connectivity index (χ4n) is 5.93. The Labute approximate surface area is 227 Å². The molecule has 0 atom stereocenters. The predicted molar refractivity (Wildman–Crippen MR) is 159 cm³/mol. The van der Waals surface area contributed by atoms with Gasteiger partial charge in [-0.3, -0.25) is 9.97 Å². The molecule has 0 unspecified atom stereocenters. The van der Waals surface area contributed by atoms with Crippen molar-refractivity contribution in [3.63, 3.8) is 0 Å². The molecule has 0 radical (unpaired) electrons. The first-order valence-corrected chi connectivity index (χ1v) is 13.1. The lowest BCUT2D eigenvalue weighted by molar-refractivity contribution is 0.487. The number of hydrogen-bond donors (Lipinski definition) is 0. The van der Waals surface area contributed by atoms with Crippen LogP contribution in [-0.4, -0.2) is 16.7 Å². The molecule has 2 aliphatic rings. The minimum atomic E-state index is 0.00207. The van der Waals surface area contributed by atoms with Crippen molar-refractivity contribution in [3.05, 3.63) is 134 Å². The maximum absolute atomic E-state index is 6.57. The number of aromatic nitrogens is 2. The Morgan fingerprint density at radius 1 is 0.538 bits per heavy atom. The van der Waals surface area contributed by atoms with Crippen LogP contribution in [-0.2, 0) is 0 Å². The van der Waals surface area contributed by atoms with E-state index in [4.69, 9.17) is 4.74 Å². The maximum atomic E-state index is 6.57. The Kier molecular flexibility index (Phi) is 4.89. The second kappa shape index (κ2) is 8.71. The third-order valence-corrected chi connectivity index (χ3v) is 7.63. The summed E-state index contributed by atoms with van der Waals surface area (Å²) >= 11 is 0. The molecule has 0 aliphatic carbocycles. The van der Waals surface area contributed by atoms with Gasteiger partial charge >= 0.3 is 0 Å². The van der Waals surface area contributed by atoms with Gasteiger partial charge in [-0.25, -0.2) is 0 Å². The second-order valence-corrected chi connectivity index (χ2v) is 9.85. The van der Waals surface area contributed by atoms with E-state index in [-0.39, 0.29) is 6.71 Å². The molecule has 0 amide bonds. The molecule has 4 nitrogen and oxygen atoms in total. The van der Waals surface area contributed by atoms with Gasteiger partial charge in [0.25, 0.3) is 6.71 Å². The first-order chi connectivity index (χ1) is 19.3. The van der Waals surface area contributed by atoms with Crippen LogP contribution < -0.4 is 26.0 Å². The van der Waals surface area contributed by atoms with Crippen molar-refractivity contribution in [1.29, 1.82) is 0 Å². The predicted octanol–water partition coefficient (Wildman–Crippen LogP) is 6.22. The first-order valence-electron chi connectivity index (χ1n) is 13.1. The van der Waals surface area contributed by atoms with E-state index >= 15 is 0 Å². The van der Waals surface area contributed by atoms with E-state index in [2.05, 4.69) is 112 Å². The van der Waals surface area contributed by atoms with Crippen LogP contribution in [0, 0.1) is 0 Å². The molecule has 2 aliphatic heterocycles. The fourth-order valence-corrected chi connectivity index (χ4v) is 5.93. The molecule has 39 heavy (non-hydrogen) atoms. The van der Waals surface area contributed by atoms with E-state index < -0.39 is 0 Å². The Morgan fingerprint density at radius 2 is 1.23 bits per heavy atom. The average molecular weight is 499 g/mol. The van der Waals surface area contributed by atoms with Crippen LogP contribution in [0.15, 0.2) is 134 Å². The monoisotopic (exact) mass is 499 g/mol. The first kappa shape index (κ1) is 21.9. The van der Waals surface area contributed by atoms with Crippen LogP contribution in [0.1, 0.15) is 0 Å². The Bertz CT molecular complexity index is 1840. The van der Waals surface area contributed by atoms with E-state index in [9.17, 15) is 0 Å². The number of anilines is 3. The molecular weight excluding hydrogens is 477 g/mol. The Balaban J connectivity index is 1.41. The lowest BCUT2D eigenvalue weighted by Gasteiger charge is -2.40. The molecule has 8 rings (SSSR count). The summed E-state index contributed by atoms with van der Waals surface area (Å²) in [6.45, 7) is 0.00207. The minimum absolute atomic E-state index is 0.00207. The van der Waals surface area contributed by atoms with Gasteiger partial charge in [0.2, 0.25) is 0 Å². The molecule has 0 spiro atoms. The highest BCUT2D eigenvalue weighted by Crippen LogP contribution is 2.41. The number of ether oxygens (including phenoxy) is 1. The zero-order valence-corrected chi connectivity index (χ0v) is 21.0. The quantitative estimate of drug-likeness (QED) is 0.271. The molecule has 0 saturated carbocycles. The fraction of sp³-hybridized carbons (Fsp3) is 0. The SMILES string of the molecule is c1ccc(N2c3ccc(-c4ccccn4)cc3B3c4cc(-c5ccccn5)ccc4Oc4cccc2c43)cc1. The Hall–Kier alpha value is -5.16. The van der Waals surface area contributed by atoms with Gasteiger partial charge in [0.1, 0.15) is 11.5 Å². The zero-order valence-electron chi connectivity index (χ0n) is 21.0. The van der Waals surface area contributed by atoms with Crippen molar-refractivity contribution < 1.29 is 4.74 Å². The highest BCUT2D eigenvalue weighted by atomic mass is 16.5. The lowest BCUT2D eigenvalue weighted by Crippen LogP contribution is -2.59. The topological polar surface area (TPSA) is 38.2 Å². The zero-order chi connectivity index (χ0) is 25.8. The molecule has 2 aromatic heterocycles. The number of rotatable bonds is 3. The third kappa shape index (κ3) is 3.47. The highest BCUT2D eigenvalue weighted by molar-refractivity contribution is 6.99. The van der Waals surface area contributed by atoms with Gasteiger partial charge in [0, 0.05) is 29.5 Å². The van der Waals surface area contributed by atoms with Crippen LogP contribution in [0.3, 0.4) is 0 Å². The van der Waals surface area contributed by atoms with Crippen molar-refractivity contribution in [2.24, 2.45) is 0 Å². The normalized spacial score (nSPS) is 12.7. The smallest absolute Gasteiger partial charge is 0.256 e. The number of pyridine rings is 2. The molecule has 0 bridgehead atoms. The number of nitrogens with zero attached hydrogens (tertiary/aromatic N) is 3. The summed E-state index contributed by atoms with van der Waals surface area (Å²) in [5.41, 5.74) is 11.0. The summed E-state index contributed by atoms with van der Waals surface area (Å²) in [6.07, 6.45) is 3.69. The van der Waals surface area contributed by atoms with Gasteiger partial charge in [0.05, 0.1) is 11.4 Å². The Morgan fingerprint density at radius 3 is 1.95 bits per heavy atom. The lowest BCUT2D eigenvalue weighted by atomic mass is 9.34. The second-order valence-electron chi connectivity index (χ2n) is 9.85. The molecule has 182 valence electrons. The molecule has 0 fully saturated rings. The van der Waals surface area contributed by atoms with Crippen molar-refractivity contribution >= 4 is 40.2 Å². The standard InChI is InChI=1S/C34H22BN3O/c1-2-9-25(10-3-1)38-30-17-15-23(28-11-4-6-19-36-28)21-26(30)35-27-22-24(29-12-5-7-20-37-29)16-18-32(27)39-33-14-8-13-31(38)34(33)35/h1-22H. The van der Waals surface area contributed by atoms with Gasteiger partial charge in [-0.1, -0.05) is 54.6 Å². The van der Waals surface area contributed by atoms with Gasteiger partial charge in [0.15, 0.2) is 0 Å². The number of para-hydroxylation sites is 1. The molecule has 0 N–H and O–H groups in total. The maximum Gasteiger partial charge on any atom is 0.256 e. The number of benzene rings is 4. The summed E-state index contributed by atoms with van der Waals surface area (Å²) in [5, 5.41) is 0. The number of hydrogen-bond acceptors (Lipinski definition) is 4. The van der Waals surface area contributed by atoms with Gasteiger partial charge in [-0.05, 0) is 94.2 Å². The van der Waals surface area contributed by atoms with E-state index in [1.807, 2.05) is 36.7 Å². The van der Waals surface area contributed by atoms with Crippen molar-refractivity contribution in [2.75, 3.05) is 4.90 Å². The summed E-state index contributed by atoms with van der Waals surface area (Å²) in [5.74, 6) is 1.78. The van der Waals surface area contributed by atoms with Crippen molar-refractivity contribution in [3.8, 4) is 34.0 Å². The van der Waals surface area contributed by atoms with Crippen LogP contribution in [0.25, 0.3) is 22.5 Å². The largest absolute Gasteiger partial charge is 0.458 e. The van der Waals surface area contributed by atoms with Gasteiger partial charge in [-0.2, -0.15) is 0 Å².